The lowest BCUT2D eigenvalue weighted by molar-refractivity contribution is 0.262. The normalized spacial score (nSPS) is 14.1. The number of hydrogen-bond donors (Lipinski definition) is 3. The van der Waals surface area contributed by atoms with Crippen LogP contribution in [0.25, 0.3) is 11.0 Å². The van der Waals surface area contributed by atoms with Gasteiger partial charge in [0.1, 0.15) is 11.4 Å². The molecule has 0 bridgehead atoms. The number of benzene rings is 2. The van der Waals surface area contributed by atoms with Gasteiger partial charge in [-0.3, -0.25) is 5.32 Å². The van der Waals surface area contributed by atoms with Crippen LogP contribution in [0.5, 0.6) is 0 Å². The van der Waals surface area contributed by atoms with Crippen LogP contribution in [0.2, 0.25) is 0 Å². The number of para-hydroxylation sites is 1. The topological polar surface area (TPSA) is 83.4 Å². The van der Waals surface area contributed by atoms with Crippen LogP contribution in [0, 0.1) is 12.7 Å². The van der Waals surface area contributed by atoms with Gasteiger partial charge in [0.25, 0.3) is 0 Å². The summed E-state index contributed by atoms with van der Waals surface area (Å²) in [5.41, 5.74) is 1.17. The van der Waals surface area contributed by atoms with Crippen LogP contribution in [0.1, 0.15) is 31.2 Å². The van der Waals surface area contributed by atoms with Gasteiger partial charge in [0.2, 0.25) is 0 Å². The summed E-state index contributed by atoms with van der Waals surface area (Å²) in [7, 11) is 0. The first-order valence-electron chi connectivity index (χ1n) is 9.68. The Morgan fingerprint density at radius 1 is 1.07 bits per heavy atom. The van der Waals surface area contributed by atoms with Crippen molar-refractivity contribution in [2.24, 2.45) is 0 Å². The highest BCUT2D eigenvalue weighted by atomic mass is 19.1. The largest absolute Gasteiger partial charge is 0.421 e. The minimum atomic E-state index is -0.648. The van der Waals surface area contributed by atoms with E-state index in [0.717, 1.165) is 31.1 Å². The maximum atomic E-state index is 13.7. The Morgan fingerprint density at radius 3 is 2.59 bits per heavy atom. The molecule has 1 aliphatic carbocycles. The number of carbonyl (C=O) groups is 1. The van der Waals surface area contributed by atoms with Gasteiger partial charge in [0.15, 0.2) is 5.69 Å². The van der Waals surface area contributed by atoms with E-state index in [2.05, 4.69) is 16.0 Å². The summed E-state index contributed by atoms with van der Waals surface area (Å²) in [5, 5.41) is 9.28. The minimum Gasteiger partial charge on any atom is -0.421 e. The highest BCUT2D eigenvalue weighted by molar-refractivity contribution is 6.05. The van der Waals surface area contributed by atoms with Gasteiger partial charge < -0.3 is 15.1 Å². The van der Waals surface area contributed by atoms with E-state index in [-0.39, 0.29) is 11.7 Å². The zero-order chi connectivity index (χ0) is 20.4. The number of fused-ring (bicyclic) bond motifs is 1. The third kappa shape index (κ3) is 4.08. The summed E-state index contributed by atoms with van der Waals surface area (Å²) >= 11 is 0. The fourth-order valence-corrected chi connectivity index (χ4v) is 3.63. The van der Waals surface area contributed by atoms with Gasteiger partial charge in [0.05, 0.1) is 5.69 Å². The molecule has 2 amide bonds. The first kappa shape index (κ1) is 19.0. The maximum absolute atomic E-state index is 13.7. The van der Waals surface area contributed by atoms with Crippen molar-refractivity contribution < 1.29 is 13.6 Å². The van der Waals surface area contributed by atoms with Crippen molar-refractivity contribution in [3.05, 3.63) is 64.3 Å². The summed E-state index contributed by atoms with van der Waals surface area (Å²) < 4.78 is 19.1. The molecule has 0 saturated heterocycles. The number of amides is 2. The second-order valence-electron chi connectivity index (χ2n) is 7.30. The SMILES string of the molecule is Cc1ccc(NC(=O)Nc2c(NC3CCCC3)c3ccccc3oc2=O)cc1F. The fourth-order valence-electron chi connectivity index (χ4n) is 3.63. The molecule has 1 fully saturated rings. The standard InChI is InChI=1S/C22H22FN3O3/c1-13-10-11-15(12-17(13)23)25-22(28)26-20-19(24-14-6-2-3-7-14)16-8-4-5-9-18(16)29-21(20)27/h4-5,8-12,14,24H,2-3,6-7H2,1H3,(H2,25,26,28). The number of halogens is 1. The van der Waals surface area contributed by atoms with Crippen LogP contribution in [0.4, 0.5) is 26.2 Å². The van der Waals surface area contributed by atoms with Gasteiger partial charge >= 0.3 is 11.7 Å². The zero-order valence-electron chi connectivity index (χ0n) is 16.0. The number of urea groups is 1. The van der Waals surface area contributed by atoms with Crippen molar-refractivity contribution in [3.63, 3.8) is 0 Å². The van der Waals surface area contributed by atoms with Crippen molar-refractivity contribution in [2.75, 3.05) is 16.0 Å². The van der Waals surface area contributed by atoms with Crippen molar-refractivity contribution in [2.45, 2.75) is 38.6 Å². The highest BCUT2D eigenvalue weighted by Gasteiger charge is 2.22. The van der Waals surface area contributed by atoms with Crippen molar-refractivity contribution in [1.82, 2.24) is 0 Å². The number of rotatable bonds is 4. The molecule has 2 aromatic carbocycles. The van der Waals surface area contributed by atoms with Crippen LogP contribution in [0.15, 0.2) is 51.7 Å². The summed E-state index contributed by atoms with van der Waals surface area (Å²) in [4.78, 5) is 25.1. The summed E-state index contributed by atoms with van der Waals surface area (Å²) in [6.45, 7) is 1.64. The molecule has 3 aromatic rings. The van der Waals surface area contributed by atoms with Crippen molar-refractivity contribution >= 4 is 34.1 Å². The van der Waals surface area contributed by atoms with Crippen LogP contribution in [-0.2, 0) is 0 Å². The molecule has 0 spiro atoms. The molecule has 3 N–H and O–H groups in total. The van der Waals surface area contributed by atoms with Gasteiger partial charge in [-0.2, -0.15) is 0 Å². The van der Waals surface area contributed by atoms with E-state index in [9.17, 15) is 14.0 Å². The van der Waals surface area contributed by atoms with Gasteiger partial charge in [-0.05, 0) is 49.6 Å². The lowest BCUT2D eigenvalue weighted by Gasteiger charge is -2.18. The minimum absolute atomic E-state index is 0.0423. The van der Waals surface area contributed by atoms with E-state index in [4.69, 9.17) is 4.42 Å². The smallest absolute Gasteiger partial charge is 0.362 e. The average molecular weight is 395 g/mol. The second kappa shape index (κ2) is 7.95. The fraction of sp³-hybridized carbons (Fsp3) is 0.273. The third-order valence-electron chi connectivity index (χ3n) is 5.19. The van der Waals surface area contributed by atoms with E-state index < -0.39 is 17.5 Å². The monoisotopic (exact) mass is 395 g/mol. The van der Waals surface area contributed by atoms with E-state index >= 15 is 0 Å². The molecule has 1 aromatic heterocycles. The van der Waals surface area contributed by atoms with Crippen molar-refractivity contribution in [3.8, 4) is 0 Å². The Morgan fingerprint density at radius 2 is 1.83 bits per heavy atom. The number of anilines is 3. The molecule has 1 saturated carbocycles. The quantitative estimate of drug-likeness (QED) is 0.528. The third-order valence-corrected chi connectivity index (χ3v) is 5.19. The van der Waals surface area contributed by atoms with Gasteiger partial charge in [-0.25, -0.2) is 14.0 Å². The molecule has 0 unspecified atom stereocenters. The van der Waals surface area contributed by atoms with Crippen LogP contribution < -0.4 is 21.6 Å². The average Bonchev–Trinajstić information content (AvgIpc) is 3.20. The van der Waals surface area contributed by atoms with Crippen LogP contribution in [-0.4, -0.2) is 12.1 Å². The van der Waals surface area contributed by atoms with Crippen molar-refractivity contribution in [1.29, 1.82) is 0 Å². The second-order valence-corrected chi connectivity index (χ2v) is 7.30. The van der Waals surface area contributed by atoms with Gasteiger partial charge in [0, 0.05) is 17.1 Å². The first-order chi connectivity index (χ1) is 14.0. The predicted molar refractivity (Wildman–Crippen MR) is 112 cm³/mol. The predicted octanol–water partition coefficient (Wildman–Crippen LogP) is 5.24. The molecule has 1 heterocycles. The summed E-state index contributed by atoms with van der Waals surface area (Å²) in [6.07, 6.45) is 4.25. The maximum Gasteiger partial charge on any atom is 0.362 e. The molecular weight excluding hydrogens is 373 g/mol. The molecule has 29 heavy (non-hydrogen) atoms. The Labute approximate surface area is 167 Å². The Balaban J connectivity index is 1.66. The number of carbonyl (C=O) groups excluding carboxylic acids is 1. The van der Waals surface area contributed by atoms with E-state index in [1.54, 1.807) is 31.2 Å². The van der Waals surface area contributed by atoms with E-state index in [1.165, 1.54) is 6.07 Å². The first-order valence-corrected chi connectivity index (χ1v) is 9.68. The lowest BCUT2D eigenvalue weighted by atomic mass is 10.1. The van der Waals surface area contributed by atoms with E-state index in [1.807, 2.05) is 12.1 Å². The van der Waals surface area contributed by atoms with Gasteiger partial charge in [-0.1, -0.05) is 31.0 Å². The molecule has 0 aliphatic heterocycles. The van der Waals surface area contributed by atoms with Crippen LogP contribution in [0.3, 0.4) is 0 Å². The summed E-state index contributed by atoms with van der Waals surface area (Å²) in [5.74, 6) is -0.420. The zero-order valence-corrected chi connectivity index (χ0v) is 16.0. The number of aryl methyl sites for hydroxylation is 1. The van der Waals surface area contributed by atoms with E-state index in [0.29, 0.717) is 22.5 Å². The molecule has 7 heteroatoms. The molecule has 0 atom stereocenters. The van der Waals surface area contributed by atoms with Crippen LogP contribution >= 0.6 is 0 Å². The molecule has 150 valence electrons. The number of hydrogen-bond acceptors (Lipinski definition) is 4. The molecule has 6 nitrogen and oxygen atoms in total. The Kier molecular flexibility index (Phi) is 5.20. The van der Waals surface area contributed by atoms with Gasteiger partial charge in [-0.15, -0.1) is 0 Å². The number of nitrogens with one attached hydrogen (secondary N) is 3. The highest BCUT2D eigenvalue weighted by Crippen LogP contribution is 2.32. The molecule has 0 radical (unpaired) electrons. The lowest BCUT2D eigenvalue weighted by Crippen LogP contribution is -2.26. The summed E-state index contributed by atoms with van der Waals surface area (Å²) in [6, 6.07) is 11.2. The Hall–Kier alpha value is -3.35. The Bertz CT molecular complexity index is 1120. The molecule has 4 rings (SSSR count). The molecular formula is C22H22FN3O3. The molecule has 1 aliphatic rings.